The van der Waals surface area contributed by atoms with E-state index in [9.17, 15) is 19.2 Å². The first-order valence-electron chi connectivity index (χ1n) is 11.0. The molecule has 3 aliphatic rings. The maximum absolute atomic E-state index is 13.9. The molecule has 2 aliphatic heterocycles. The minimum atomic E-state index is -2.12. The monoisotopic (exact) mass is 505 g/mol. The molecule has 6 rings (SSSR count). The van der Waals surface area contributed by atoms with Crippen molar-refractivity contribution < 1.29 is 23.9 Å². The summed E-state index contributed by atoms with van der Waals surface area (Å²) in [6.45, 7) is 1.81. The number of ether oxygens (including phenoxy) is 1. The van der Waals surface area contributed by atoms with Crippen LogP contribution in [-0.2, 0) is 14.3 Å². The number of amides is 2. The normalized spacial score (nSPS) is 24.4. The summed E-state index contributed by atoms with van der Waals surface area (Å²) in [6, 6.07) is 17.8. The molecule has 2 heterocycles. The van der Waals surface area contributed by atoms with E-state index in [0.29, 0.717) is 15.6 Å². The highest BCUT2D eigenvalue weighted by molar-refractivity contribution is 6.37. The molecule has 0 N–H and O–H groups in total. The maximum Gasteiger partial charge on any atom is 0.241 e. The van der Waals surface area contributed by atoms with Crippen LogP contribution in [0.15, 0.2) is 66.7 Å². The Balaban J connectivity index is 1.54. The molecule has 2 amide bonds. The lowest BCUT2D eigenvalue weighted by molar-refractivity contribution is -0.127. The van der Waals surface area contributed by atoms with Gasteiger partial charge in [-0.25, -0.2) is 4.90 Å². The molecule has 174 valence electrons. The maximum atomic E-state index is 13.9. The van der Waals surface area contributed by atoms with E-state index < -0.39 is 46.9 Å². The second kappa shape index (κ2) is 7.59. The van der Waals surface area contributed by atoms with Crippen LogP contribution in [0, 0.1) is 18.8 Å². The van der Waals surface area contributed by atoms with Crippen LogP contribution in [0.5, 0.6) is 0 Å². The Bertz CT molecular complexity index is 1430. The summed E-state index contributed by atoms with van der Waals surface area (Å²) >= 11 is 12.3. The summed E-state index contributed by atoms with van der Waals surface area (Å²) in [7, 11) is 0. The molecular formula is C27H17Cl2NO5. The third-order valence-corrected chi connectivity index (χ3v) is 7.79. The SMILES string of the molecule is Cc1ccc(N2C(=O)[C@@H]3[C@@H](C2=O)C2(O[C@H]3c3ccc(Cl)cc3)C(=O)c3ccccc3C2=O)cc1Cl. The van der Waals surface area contributed by atoms with Gasteiger partial charge in [-0.2, -0.15) is 0 Å². The number of halogens is 2. The first kappa shape index (κ1) is 22.2. The standard InChI is InChI=1S/C27H17Cl2NO5/c1-13-6-11-16(12-19(13)29)30-25(33)20-21(26(30)34)27(35-22(20)14-7-9-15(28)10-8-14)23(31)17-4-2-3-5-18(17)24(27)32/h2-12,20-22H,1H3/t20-,21+,22+/m1/s1. The van der Waals surface area contributed by atoms with Crippen LogP contribution in [0.25, 0.3) is 0 Å². The van der Waals surface area contributed by atoms with Gasteiger partial charge in [0.25, 0.3) is 0 Å². The molecule has 1 spiro atoms. The molecule has 3 atom stereocenters. The number of rotatable bonds is 2. The first-order chi connectivity index (χ1) is 16.8. The third kappa shape index (κ3) is 2.88. The lowest BCUT2D eigenvalue weighted by atomic mass is 9.77. The Morgan fingerprint density at radius 2 is 1.46 bits per heavy atom. The molecule has 3 aromatic rings. The van der Waals surface area contributed by atoms with Crippen LogP contribution >= 0.6 is 23.2 Å². The number of Topliss-reactive ketones (excluding diaryl/α,β-unsaturated/α-hetero) is 2. The Labute approximate surface area is 210 Å². The molecule has 0 aromatic heterocycles. The highest BCUT2D eigenvalue weighted by Crippen LogP contribution is 2.57. The van der Waals surface area contributed by atoms with Gasteiger partial charge in [0.2, 0.25) is 29.0 Å². The molecule has 0 radical (unpaired) electrons. The number of imide groups is 1. The number of hydrogen-bond donors (Lipinski definition) is 0. The number of carbonyl (C=O) groups excluding carboxylic acids is 4. The van der Waals surface area contributed by atoms with Gasteiger partial charge in [0, 0.05) is 21.2 Å². The van der Waals surface area contributed by atoms with Crippen molar-refractivity contribution in [3.63, 3.8) is 0 Å². The van der Waals surface area contributed by atoms with Gasteiger partial charge in [-0.3, -0.25) is 19.2 Å². The summed E-state index contributed by atoms with van der Waals surface area (Å²) in [5, 5.41) is 0.865. The minimum Gasteiger partial charge on any atom is -0.349 e. The molecule has 6 nitrogen and oxygen atoms in total. The van der Waals surface area contributed by atoms with Gasteiger partial charge in [-0.1, -0.05) is 65.7 Å². The van der Waals surface area contributed by atoms with E-state index in [4.69, 9.17) is 27.9 Å². The Morgan fingerprint density at radius 3 is 2.06 bits per heavy atom. The zero-order valence-electron chi connectivity index (χ0n) is 18.3. The molecule has 3 aromatic carbocycles. The van der Waals surface area contributed by atoms with Crippen LogP contribution in [0.4, 0.5) is 5.69 Å². The minimum absolute atomic E-state index is 0.185. The van der Waals surface area contributed by atoms with Crippen molar-refractivity contribution in [2.24, 2.45) is 11.8 Å². The fourth-order valence-corrected chi connectivity index (χ4v) is 5.75. The largest absolute Gasteiger partial charge is 0.349 e. The highest BCUT2D eigenvalue weighted by atomic mass is 35.5. The molecule has 0 unspecified atom stereocenters. The van der Waals surface area contributed by atoms with E-state index >= 15 is 0 Å². The third-order valence-electron chi connectivity index (χ3n) is 7.13. The highest BCUT2D eigenvalue weighted by Gasteiger charge is 2.74. The predicted molar refractivity (Wildman–Crippen MR) is 129 cm³/mol. The molecule has 2 saturated heterocycles. The number of nitrogens with zero attached hydrogens (tertiary/aromatic N) is 1. The van der Waals surface area contributed by atoms with Crippen molar-refractivity contribution in [3.05, 3.63) is 99.0 Å². The second-order valence-electron chi connectivity index (χ2n) is 8.98. The van der Waals surface area contributed by atoms with Crippen LogP contribution in [0.3, 0.4) is 0 Å². The molecular weight excluding hydrogens is 489 g/mol. The van der Waals surface area contributed by atoms with Crippen molar-refractivity contribution in [2.75, 3.05) is 4.90 Å². The lowest BCUT2D eigenvalue weighted by Gasteiger charge is -2.27. The lowest BCUT2D eigenvalue weighted by Crippen LogP contribution is -2.51. The van der Waals surface area contributed by atoms with Crippen LogP contribution < -0.4 is 4.90 Å². The Hall–Kier alpha value is -3.32. The molecule has 0 bridgehead atoms. The van der Waals surface area contributed by atoms with Crippen molar-refractivity contribution in [2.45, 2.75) is 18.6 Å². The smallest absolute Gasteiger partial charge is 0.241 e. The van der Waals surface area contributed by atoms with Gasteiger partial charge in [0.1, 0.15) is 0 Å². The summed E-state index contributed by atoms with van der Waals surface area (Å²) in [4.78, 5) is 56.2. The van der Waals surface area contributed by atoms with E-state index in [2.05, 4.69) is 0 Å². The van der Waals surface area contributed by atoms with Gasteiger partial charge < -0.3 is 4.74 Å². The van der Waals surface area contributed by atoms with Crippen molar-refractivity contribution in [1.82, 2.24) is 0 Å². The topological polar surface area (TPSA) is 80.8 Å². The molecule has 35 heavy (non-hydrogen) atoms. The van der Waals surface area contributed by atoms with E-state index in [1.54, 1.807) is 55.5 Å². The first-order valence-corrected chi connectivity index (χ1v) is 11.8. The van der Waals surface area contributed by atoms with Crippen molar-refractivity contribution in [3.8, 4) is 0 Å². The number of carbonyl (C=O) groups is 4. The van der Waals surface area contributed by atoms with E-state index in [-0.39, 0.29) is 16.8 Å². The average Bonchev–Trinajstić information content (AvgIpc) is 3.41. The fraction of sp³-hybridized carbons (Fsp3) is 0.185. The van der Waals surface area contributed by atoms with Crippen LogP contribution in [0.1, 0.15) is 37.9 Å². The number of benzene rings is 3. The molecule has 8 heteroatoms. The van der Waals surface area contributed by atoms with Gasteiger partial charge in [-0.15, -0.1) is 0 Å². The van der Waals surface area contributed by atoms with Crippen molar-refractivity contribution >= 4 is 52.3 Å². The van der Waals surface area contributed by atoms with Gasteiger partial charge in [-0.05, 0) is 42.3 Å². The molecule has 0 saturated carbocycles. The summed E-state index contributed by atoms with van der Waals surface area (Å²) in [5.74, 6) is -4.81. The predicted octanol–water partition coefficient (Wildman–Crippen LogP) is 5.00. The molecule has 2 fully saturated rings. The van der Waals surface area contributed by atoms with E-state index in [1.165, 1.54) is 18.2 Å². The Kier molecular flexibility index (Phi) is 4.81. The molecule has 1 aliphatic carbocycles. The number of anilines is 1. The van der Waals surface area contributed by atoms with E-state index in [0.717, 1.165) is 10.5 Å². The number of hydrogen-bond acceptors (Lipinski definition) is 5. The Morgan fingerprint density at radius 1 is 0.829 bits per heavy atom. The number of ketones is 2. The summed E-state index contributed by atoms with van der Waals surface area (Å²) in [6.07, 6.45) is -0.998. The fourth-order valence-electron chi connectivity index (χ4n) is 5.45. The summed E-state index contributed by atoms with van der Waals surface area (Å²) < 4.78 is 6.24. The number of aryl methyl sites for hydroxylation is 1. The van der Waals surface area contributed by atoms with Crippen LogP contribution in [0.2, 0.25) is 10.0 Å². The zero-order chi connectivity index (χ0) is 24.6. The zero-order valence-corrected chi connectivity index (χ0v) is 19.8. The van der Waals surface area contributed by atoms with Crippen molar-refractivity contribution in [1.29, 1.82) is 0 Å². The van der Waals surface area contributed by atoms with Gasteiger partial charge in [0.15, 0.2) is 0 Å². The van der Waals surface area contributed by atoms with E-state index in [1.807, 2.05) is 0 Å². The average molecular weight is 506 g/mol. The van der Waals surface area contributed by atoms with Crippen LogP contribution in [-0.4, -0.2) is 29.0 Å². The number of fused-ring (bicyclic) bond motifs is 3. The second-order valence-corrected chi connectivity index (χ2v) is 9.82. The summed E-state index contributed by atoms with van der Waals surface area (Å²) in [5.41, 5.74) is -0.136. The van der Waals surface area contributed by atoms with Gasteiger partial charge >= 0.3 is 0 Å². The quantitative estimate of drug-likeness (QED) is 0.361. The van der Waals surface area contributed by atoms with Gasteiger partial charge in [0.05, 0.1) is 23.6 Å².